The molecule has 0 fully saturated rings. The molecule has 134 valence electrons. The first-order chi connectivity index (χ1) is 12.7. The van der Waals surface area contributed by atoms with Gasteiger partial charge in [0.05, 0.1) is 12.0 Å². The van der Waals surface area contributed by atoms with Crippen LogP contribution in [0.15, 0.2) is 73.2 Å². The van der Waals surface area contributed by atoms with Crippen molar-refractivity contribution in [2.75, 3.05) is 13.1 Å². The Hall–Kier alpha value is -3.08. The molecule has 2 aromatic carbocycles. The molecule has 0 spiro atoms. The summed E-state index contributed by atoms with van der Waals surface area (Å²) in [5, 5.41) is 9.68. The Bertz CT molecular complexity index is 749. The summed E-state index contributed by atoms with van der Waals surface area (Å²) in [4.78, 5) is 20.4. The molecule has 0 unspecified atom stereocenters. The lowest BCUT2D eigenvalue weighted by atomic mass is 9.91. The zero-order chi connectivity index (χ0) is 18.2. The number of carboxylic acid groups (broad SMARTS) is 1. The predicted molar refractivity (Wildman–Crippen MR) is 101 cm³/mol. The standard InChI is InChI=1S/C21H23N3O2/c25-21(26)24(13-7-12-19-14-22-16-23-19)15-20(17-8-3-1-4-9-17)18-10-5-2-6-11-18/h1-6,8-11,14,16,20H,7,12-13,15H2,(H,22,23)(H,25,26). The van der Waals surface area contributed by atoms with Gasteiger partial charge in [-0.3, -0.25) is 0 Å². The fourth-order valence-electron chi connectivity index (χ4n) is 3.14. The fraction of sp³-hybridized carbons (Fsp3) is 0.238. The molecule has 0 radical (unpaired) electrons. The first-order valence-corrected chi connectivity index (χ1v) is 8.79. The van der Waals surface area contributed by atoms with Crippen LogP contribution in [-0.2, 0) is 6.42 Å². The van der Waals surface area contributed by atoms with Crippen LogP contribution in [-0.4, -0.2) is 39.2 Å². The van der Waals surface area contributed by atoms with Crippen LogP contribution in [0.2, 0.25) is 0 Å². The van der Waals surface area contributed by atoms with Crippen molar-refractivity contribution in [3.8, 4) is 0 Å². The van der Waals surface area contributed by atoms with Crippen LogP contribution >= 0.6 is 0 Å². The third-order valence-electron chi connectivity index (χ3n) is 4.49. The largest absolute Gasteiger partial charge is 0.465 e. The van der Waals surface area contributed by atoms with E-state index in [0.29, 0.717) is 13.1 Å². The van der Waals surface area contributed by atoms with Gasteiger partial charge in [-0.1, -0.05) is 60.7 Å². The Morgan fingerprint density at radius 3 is 2.15 bits per heavy atom. The van der Waals surface area contributed by atoms with Crippen LogP contribution < -0.4 is 0 Å². The van der Waals surface area contributed by atoms with Gasteiger partial charge in [-0.15, -0.1) is 0 Å². The second-order valence-corrected chi connectivity index (χ2v) is 6.27. The lowest BCUT2D eigenvalue weighted by molar-refractivity contribution is 0.143. The first kappa shape index (κ1) is 17.7. The number of nitrogens with one attached hydrogen (secondary N) is 1. The summed E-state index contributed by atoms with van der Waals surface area (Å²) in [5.41, 5.74) is 3.20. The minimum Gasteiger partial charge on any atom is -0.465 e. The molecular weight excluding hydrogens is 326 g/mol. The summed E-state index contributed by atoms with van der Waals surface area (Å²) in [6, 6.07) is 20.2. The number of amides is 1. The van der Waals surface area contributed by atoms with E-state index in [1.165, 1.54) is 4.90 Å². The number of benzene rings is 2. The van der Waals surface area contributed by atoms with E-state index >= 15 is 0 Å². The van der Waals surface area contributed by atoms with Gasteiger partial charge < -0.3 is 15.0 Å². The van der Waals surface area contributed by atoms with Gasteiger partial charge in [0, 0.05) is 25.2 Å². The molecule has 5 nitrogen and oxygen atoms in total. The Morgan fingerprint density at radius 1 is 1.04 bits per heavy atom. The van der Waals surface area contributed by atoms with E-state index in [1.54, 1.807) is 6.33 Å². The molecule has 3 rings (SSSR count). The van der Waals surface area contributed by atoms with Crippen molar-refractivity contribution in [1.29, 1.82) is 0 Å². The molecule has 1 aromatic heterocycles. The number of H-pyrrole nitrogens is 1. The molecule has 0 saturated heterocycles. The molecule has 5 heteroatoms. The SMILES string of the molecule is O=C(O)N(CCCc1c[nH]cn1)CC(c1ccccc1)c1ccccc1. The van der Waals surface area contributed by atoms with E-state index in [9.17, 15) is 9.90 Å². The molecule has 26 heavy (non-hydrogen) atoms. The number of nitrogens with zero attached hydrogens (tertiary/aromatic N) is 2. The second-order valence-electron chi connectivity index (χ2n) is 6.27. The quantitative estimate of drug-likeness (QED) is 0.642. The maximum atomic E-state index is 11.8. The molecule has 2 N–H and O–H groups in total. The molecular formula is C21H23N3O2. The van der Waals surface area contributed by atoms with Gasteiger partial charge in [-0.05, 0) is 24.0 Å². The lowest BCUT2D eigenvalue weighted by Gasteiger charge is -2.26. The predicted octanol–water partition coefficient (Wildman–Crippen LogP) is 4.15. The van der Waals surface area contributed by atoms with Crippen molar-refractivity contribution in [2.45, 2.75) is 18.8 Å². The minimum atomic E-state index is -0.885. The second kappa shape index (κ2) is 8.85. The van der Waals surface area contributed by atoms with Crippen molar-refractivity contribution in [1.82, 2.24) is 14.9 Å². The third-order valence-corrected chi connectivity index (χ3v) is 4.49. The van der Waals surface area contributed by atoms with Gasteiger partial charge >= 0.3 is 6.09 Å². The van der Waals surface area contributed by atoms with Crippen molar-refractivity contribution in [3.63, 3.8) is 0 Å². The maximum absolute atomic E-state index is 11.8. The van der Waals surface area contributed by atoms with Crippen LogP contribution in [0.5, 0.6) is 0 Å². The third kappa shape index (κ3) is 4.72. The highest BCUT2D eigenvalue weighted by Gasteiger charge is 2.21. The van der Waals surface area contributed by atoms with E-state index in [4.69, 9.17) is 0 Å². The molecule has 0 aliphatic rings. The van der Waals surface area contributed by atoms with Crippen LogP contribution in [0.3, 0.4) is 0 Å². The molecule has 3 aromatic rings. The summed E-state index contributed by atoms with van der Waals surface area (Å²) in [5.74, 6) is 0.0129. The van der Waals surface area contributed by atoms with Crippen LogP contribution in [0, 0.1) is 0 Å². The molecule has 0 saturated carbocycles. The Morgan fingerprint density at radius 2 is 1.65 bits per heavy atom. The first-order valence-electron chi connectivity index (χ1n) is 8.79. The van der Waals surface area contributed by atoms with Crippen LogP contribution in [0.4, 0.5) is 4.79 Å². The Kier molecular flexibility index (Phi) is 6.04. The number of rotatable bonds is 8. The van der Waals surface area contributed by atoms with Crippen molar-refractivity contribution >= 4 is 6.09 Å². The van der Waals surface area contributed by atoms with E-state index in [0.717, 1.165) is 29.7 Å². The normalized spacial score (nSPS) is 10.8. The molecule has 1 amide bonds. The van der Waals surface area contributed by atoms with E-state index < -0.39 is 6.09 Å². The van der Waals surface area contributed by atoms with E-state index in [-0.39, 0.29) is 5.92 Å². The zero-order valence-corrected chi connectivity index (χ0v) is 14.6. The van der Waals surface area contributed by atoms with Gasteiger partial charge in [0.2, 0.25) is 0 Å². The van der Waals surface area contributed by atoms with Crippen molar-refractivity contribution < 1.29 is 9.90 Å². The molecule has 0 aliphatic heterocycles. The monoisotopic (exact) mass is 349 g/mol. The highest BCUT2D eigenvalue weighted by atomic mass is 16.4. The number of imidazole rings is 1. The highest BCUT2D eigenvalue weighted by Crippen LogP contribution is 2.25. The number of aryl methyl sites for hydroxylation is 1. The van der Waals surface area contributed by atoms with Gasteiger partial charge in [0.15, 0.2) is 0 Å². The van der Waals surface area contributed by atoms with Gasteiger partial charge in [-0.2, -0.15) is 0 Å². The van der Waals surface area contributed by atoms with E-state index in [1.807, 2.05) is 42.6 Å². The number of aromatic nitrogens is 2. The average molecular weight is 349 g/mol. The highest BCUT2D eigenvalue weighted by molar-refractivity contribution is 5.65. The Balaban J connectivity index is 1.73. The topological polar surface area (TPSA) is 69.2 Å². The summed E-state index contributed by atoms with van der Waals surface area (Å²) < 4.78 is 0. The fourth-order valence-corrected chi connectivity index (χ4v) is 3.14. The average Bonchev–Trinajstić information content (AvgIpc) is 3.19. The molecule has 0 atom stereocenters. The molecule has 0 aliphatic carbocycles. The number of hydrogen-bond acceptors (Lipinski definition) is 2. The van der Waals surface area contributed by atoms with Crippen LogP contribution in [0.1, 0.15) is 29.2 Å². The van der Waals surface area contributed by atoms with Crippen LogP contribution in [0.25, 0.3) is 0 Å². The minimum absolute atomic E-state index is 0.0129. The molecule has 1 heterocycles. The lowest BCUT2D eigenvalue weighted by Crippen LogP contribution is -2.35. The van der Waals surface area contributed by atoms with Gasteiger partial charge in [0.25, 0.3) is 0 Å². The summed E-state index contributed by atoms with van der Waals surface area (Å²) >= 11 is 0. The number of hydrogen-bond donors (Lipinski definition) is 2. The summed E-state index contributed by atoms with van der Waals surface area (Å²) in [6.07, 6.45) is 4.11. The smallest absolute Gasteiger partial charge is 0.407 e. The number of aromatic amines is 1. The van der Waals surface area contributed by atoms with Crippen molar-refractivity contribution in [2.24, 2.45) is 0 Å². The number of carbonyl (C=O) groups is 1. The zero-order valence-electron chi connectivity index (χ0n) is 14.6. The summed E-state index contributed by atoms with van der Waals surface area (Å²) in [7, 11) is 0. The summed E-state index contributed by atoms with van der Waals surface area (Å²) in [6.45, 7) is 0.919. The maximum Gasteiger partial charge on any atom is 0.407 e. The van der Waals surface area contributed by atoms with E-state index in [2.05, 4.69) is 34.2 Å². The van der Waals surface area contributed by atoms with Gasteiger partial charge in [-0.25, -0.2) is 9.78 Å². The molecule has 0 bridgehead atoms. The Labute approximate surface area is 153 Å². The van der Waals surface area contributed by atoms with Gasteiger partial charge in [0.1, 0.15) is 0 Å². The van der Waals surface area contributed by atoms with Crippen molar-refractivity contribution in [3.05, 3.63) is 90.0 Å².